The number of aromatic nitrogens is 2. The van der Waals surface area contributed by atoms with Crippen LogP contribution >= 0.6 is 11.8 Å². The van der Waals surface area contributed by atoms with Crippen molar-refractivity contribution in [3.63, 3.8) is 0 Å². The maximum absolute atomic E-state index is 12.6. The van der Waals surface area contributed by atoms with Crippen molar-refractivity contribution in [1.29, 1.82) is 0 Å². The first-order valence-corrected chi connectivity index (χ1v) is 11.1. The molecule has 0 saturated carbocycles. The second-order valence-corrected chi connectivity index (χ2v) is 8.25. The summed E-state index contributed by atoms with van der Waals surface area (Å²) in [5, 5.41) is 3.60. The number of hydrogen-bond donors (Lipinski definition) is 1. The Labute approximate surface area is 185 Å². The Balaban J connectivity index is 1.42. The molecule has 0 unspecified atom stereocenters. The molecule has 3 aromatic carbocycles. The highest BCUT2D eigenvalue weighted by molar-refractivity contribution is 7.98. The molecule has 31 heavy (non-hydrogen) atoms. The summed E-state index contributed by atoms with van der Waals surface area (Å²) in [4.78, 5) is 30.8. The Bertz CT molecular complexity index is 1270. The molecule has 1 amide bonds. The molecular weight excluding hydrogens is 406 g/mol. The number of nitrogens with zero attached hydrogens (tertiary/aromatic N) is 2. The van der Waals surface area contributed by atoms with Gasteiger partial charge in [-0.15, -0.1) is 11.8 Å². The van der Waals surface area contributed by atoms with Gasteiger partial charge in [0.05, 0.1) is 16.6 Å². The van der Waals surface area contributed by atoms with Crippen molar-refractivity contribution in [2.45, 2.75) is 23.5 Å². The lowest BCUT2D eigenvalue weighted by molar-refractivity contribution is -0.116. The third-order valence-corrected chi connectivity index (χ3v) is 6.19. The number of benzene rings is 3. The van der Waals surface area contributed by atoms with Gasteiger partial charge in [-0.1, -0.05) is 54.6 Å². The Morgan fingerprint density at radius 2 is 1.68 bits per heavy atom. The standard InChI is InChI=1S/C25H23N3O2S/c1-28-23(26-20-12-6-5-11-19(20)25(28)30)15-16-24(29)27-21-13-7-8-14-22(21)31-17-18-9-3-2-4-10-18/h2-14H,15-17H2,1H3,(H,27,29). The van der Waals surface area contributed by atoms with E-state index in [1.54, 1.807) is 24.9 Å². The van der Waals surface area contributed by atoms with E-state index in [1.807, 2.05) is 60.7 Å². The molecule has 0 atom stereocenters. The molecule has 5 nitrogen and oxygen atoms in total. The largest absolute Gasteiger partial charge is 0.325 e. The maximum Gasteiger partial charge on any atom is 0.261 e. The first-order chi connectivity index (χ1) is 15.1. The number of anilines is 1. The Kier molecular flexibility index (Phi) is 6.48. The van der Waals surface area contributed by atoms with Crippen LogP contribution in [0.5, 0.6) is 0 Å². The molecule has 0 aliphatic rings. The molecule has 4 aromatic rings. The predicted octanol–water partition coefficient (Wildman–Crippen LogP) is 4.80. The number of rotatable bonds is 7. The molecule has 156 valence electrons. The number of thioether (sulfide) groups is 1. The summed E-state index contributed by atoms with van der Waals surface area (Å²) in [5.41, 5.74) is 2.60. The van der Waals surface area contributed by atoms with Gasteiger partial charge < -0.3 is 5.32 Å². The summed E-state index contributed by atoms with van der Waals surface area (Å²) in [5.74, 6) is 1.33. The first-order valence-electron chi connectivity index (χ1n) is 10.1. The van der Waals surface area contributed by atoms with Gasteiger partial charge in [0.1, 0.15) is 5.82 Å². The number of hydrogen-bond acceptors (Lipinski definition) is 4. The normalized spacial score (nSPS) is 10.9. The highest BCUT2D eigenvalue weighted by Gasteiger charge is 2.12. The summed E-state index contributed by atoms with van der Waals surface area (Å²) in [6.45, 7) is 0. The van der Waals surface area contributed by atoms with Gasteiger partial charge in [-0.2, -0.15) is 0 Å². The molecule has 0 saturated heterocycles. The van der Waals surface area contributed by atoms with Gasteiger partial charge in [-0.3, -0.25) is 14.2 Å². The molecule has 0 fully saturated rings. The van der Waals surface area contributed by atoms with E-state index in [0.29, 0.717) is 23.1 Å². The highest BCUT2D eigenvalue weighted by atomic mass is 32.2. The second-order valence-electron chi connectivity index (χ2n) is 7.23. The Hall–Kier alpha value is -3.38. The van der Waals surface area contributed by atoms with Crippen LogP contribution in [0, 0.1) is 0 Å². The molecule has 6 heteroatoms. The van der Waals surface area contributed by atoms with Crippen molar-refractivity contribution in [2.75, 3.05) is 5.32 Å². The van der Waals surface area contributed by atoms with Crippen LogP contribution in [0.1, 0.15) is 17.8 Å². The quantitative estimate of drug-likeness (QED) is 0.429. The van der Waals surface area contributed by atoms with Crippen molar-refractivity contribution in [3.05, 3.63) is 101 Å². The van der Waals surface area contributed by atoms with Crippen molar-refractivity contribution in [2.24, 2.45) is 7.05 Å². The summed E-state index contributed by atoms with van der Waals surface area (Å²) in [6, 6.07) is 25.3. The number of amides is 1. The average molecular weight is 430 g/mol. The van der Waals surface area contributed by atoms with E-state index in [0.717, 1.165) is 16.3 Å². The summed E-state index contributed by atoms with van der Waals surface area (Å²) >= 11 is 1.69. The smallest absolute Gasteiger partial charge is 0.261 e. The molecule has 0 bridgehead atoms. The minimum Gasteiger partial charge on any atom is -0.325 e. The molecule has 1 heterocycles. The zero-order chi connectivity index (χ0) is 21.6. The van der Waals surface area contributed by atoms with Gasteiger partial charge in [-0.25, -0.2) is 4.98 Å². The van der Waals surface area contributed by atoms with E-state index < -0.39 is 0 Å². The van der Waals surface area contributed by atoms with Crippen LogP contribution in [-0.4, -0.2) is 15.5 Å². The molecule has 1 aromatic heterocycles. The fourth-order valence-corrected chi connectivity index (χ4v) is 4.32. The highest BCUT2D eigenvalue weighted by Crippen LogP contribution is 2.29. The van der Waals surface area contributed by atoms with Gasteiger partial charge in [0.2, 0.25) is 5.91 Å². The molecule has 0 radical (unpaired) electrons. The zero-order valence-electron chi connectivity index (χ0n) is 17.2. The minimum atomic E-state index is -0.102. The van der Waals surface area contributed by atoms with Crippen LogP contribution in [0.25, 0.3) is 10.9 Å². The molecule has 1 N–H and O–H groups in total. The minimum absolute atomic E-state index is 0.0938. The fraction of sp³-hybridized carbons (Fsp3) is 0.160. The molecule has 0 aliphatic heterocycles. The van der Waals surface area contributed by atoms with Gasteiger partial charge in [0.15, 0.2) is 0 Å². The van der Waals surface area contributed by atoms with Gasteiger partial charge >= 0.3 is 0 Å². The van der Waals surface area contributed by atoms with E-state index in [2.05, 4.69) is 22.4 Å². The van der Waals surface area contributed by atoms with Crippen LogP contribution in [0.15, 0.2) is 88.6 Å². The number of para-hydroxylation sites is 2. The van der Waals surface area contributed by atoms with Crippen molar-refractivity contribution in [3.8, 4) is 0 Å². The molecule has 4 rings (SSSR count). The third kappa shape index (κ3) is 5.03. The summed E-state index contributed by atoms with van der Waals surface area (Å²) < 4.78 is 1.53. The molecular formula is C25H23N3O2S. The Morgan fingerprint density at radius 3 is 2.52 bits per heavy atom. The zero-order valence-corrected chi connectivity index (χ0v) is 18.1. The van der Waals surface area contributed by atoms with Crippen LogP contribution in [-0.2, 0) is 24.0 Å². The molecule has 0 spiro atoms. The topological polar surface area (TPSA) is 64.0 Å². The number of fused-ring (bicyclic) bond motifs is 1. The van der Waals surface area contributed by atoms with Crippen LogP contribution in [0.3, 0.4) is 0 Å². The lowest BCUT2D eigenvalue weighted by Crippen LogP contribution is -2.23. The van der Waals surface area contributed by atoms with E-state index in [1.165, 1.54) is 10.1 Å². The van der Waals surface area contributed by atoms with E-state index in [4.69, 9.17) is 0 Å². The fourth-order valence-electron chi connectivity index (χ4n) is 3.36. The predicted molar refractivity (Wildman–Crippen MR) is 126 cm³/mol. The Morgan fingerprint density at radius 1 is 0.968 bits per heavy atom. The van der Waals surface area contributed by atoms with E-state index in [-0.39, 0.29) is 17.9 Å². The monoisotopic (exact) mass is 429 g/mol. The number of aryl methyl sites for hydroxylation is 1. The van der Waals surface area contributed by atoms with Crippen molar-refractivity contribution < 1.29 is 4.79 Å². The number of nitrogens with one attached hydrogen (secondary N) is 1. The number of carbonyl (C=O) groups is 1. The summed E-state index contributed by atoms with van der Waals surface area (Å²) in [7, 11) is 1.70. The van der Waals surface area contributed by atoms with E-state index >= 15 is 0 Å². The lowest BCUT2D eigenvalue weighted by Gasteiger charge is -2.12. The molecule has 0 aliphatic carbocycles. The first kappa shape index (κ1) is 20.9. The van der Waals surface area contributed by atoms with Crippen LogP contribution in [0.4, 0.5) is 5.69 Å². The second kappa shape index (κ2) is 9.62. The van der Waals surface area contributed by atoms with Crippen LogP contribution in [0.2, 0.25) is 0 Å². The van der Waals surface area contributed by atoms with Crippen molar-refractivity contribution in [1.82, 2.24) is 9.55 Å². The average Bonchev–Trinajstić information content (AvgIpc) is 2.80. The third-order valence-electron chi connectivity index (χ3n) is 5.05. The van der Waals surface area contributed by atoms with Gasteiger partial charge in [-0.05, 0) is 29.8 Å². The maximum atomic E-state index is 12.6. The summed E-state index contributed by atoms with van der Waals surface area (Å²) in [6.07, 6.45) is 0.637. The van der Waals surface area contributed by atoms with Gasteiger partial charge in [0.25, 0.3) is 5.56 Å². The van der Waals surface area contributed by atoms with Crippen LogP contribution < -0.4 is 10.9 Å². The lowest BCUT2D eigenvalue weighted by atomic mass is 10.2. The SMILES string of the molecule is Cn1c(CCC(=O)Nc2ccccc2SCc2ccccc2)nc2ccccc2c1=O. The van der Waals surface area contributed by atoms with Gasteiger partial charge in [0, 0.05) is 30.5 Å². The number of carbonyl (C=O) groups excluding carboxylic acids is 1. The van der Waals surface area contributed by atoms with Crippen molar-refractivity contribution >= 4 is 34.3 Å². The van der Waals surface area contributed by atoms with E-state index in [9.17, 15) is 9.59 Å².